The maximum Gasteiger partial charge on any atom is 0.283 e. The first-order valence-corrected chi connectivity index (χ1v) is 9.53. The zero-order chi connectivity index (χ0) is 18.8. The maximum absolute atomic E-state index is 12.4. The zero-order valence-corrected chi connectivity index (χ0v) is 16.3. The highest BCUT2D eigenvalue weighted by Gasteiger charge is 2.37. The predicted octanol–water partition coefficient (Wildman–Crippen LogP) is 3.81. The minimum atomic E-state index is -0.383. The van der Waals surface area contributed by atoms with Crippen LogP contribution < -0.4 is 4.90 Å². The Morgan fingerprint density at radius 2 is 1.88 bits per heavy atom. The first kappa shape index (κ1) is 18.4. The lowest BCUT2D eigenvalue weighted by atomic mass is 10.1. The van der Waals surface area contributed by atoms with Crippen LogP contribution in [0.15, 0.2) is 39.9 Å². The second kappa shape index (κ2) is 7.45. The first-order valence-electron chi connectivity index (χ1n) is 8.72. The van der Waals surface area contributed by atoms with Gasteiger partial charge < -0.3 is 4.90 Å². The van der Waals surface area contributed by atoms with Crippen LogP contribution in [-0.2, 0) is 4.79 Å². The molecule has 0 aliphatic carbocycles. The minimum absolute atomic E-state index is 0.0881. The number of hydrazone groups is 1. The average Bonchev–Trinajstić information content (AvgIpc) is 3.04. The van der Waals surface area contributed by atoms with Gasteiger partial charge in [0.2, 0.25) is 5.17 Å². The van der Waals surface area contributed by atoms with Crippen molar-refractivity contribution in [2.24, 2.45) is 16.0 Å². The smallest absolute Gasteiger partial charge is 0.283 e. The highest BCUT2D eigenvalue weighted by atomic mass is 32.2. The summed E-state index contributed by atoms with van der Waals surface area (Å²) < 4.78 is 0. The summed E-state index contributed by atoms with van der Waals surface area (Å²) in [5, 5.41) is 15.9. The fourth-order valence-corrected chi connectivity index (χ4v) is 4.00. The van der Waals surface area contributed by atoms with Crippen molar-refractivity contribution in [1.29, 1.82) is 5.41 Å². The number of anilines is 1. The number of hydrogen-bond acceptors (Lipinski definition) is 5. The van der Waals surface area contributed by atoms with Crippen molar-refractivity contribution in [3.8, 4) is 0 Å². The van der Waals surface area contributed by atoms with Crippen LogP contribution in [0.1, 0.15) is 32.3 Å². The number of amidine groups is 2. The highest BCUT2D eigenvalue weighted by molar-refractivity contribution is 8.27. The van der Waals surface area contributed by atoms with E-state index in [9.17, 15) is 4.79 Å². The van der Waals surface area contributed by atoms with Crippen molar-refractivity contribution in [2.75, 3.05) is 19.0 Å². The highest BCUT2D eigenvalue weighted by Crippen LogP contribution is 2.32. The second-order valence-corrected chi connectivity index (χ2v) is 7.45. The predicted molar refractivity (Wildman–Crippen MR) is 110 cm³/mol. The Balaban J connectivity index is 1.89. The van der Waals surface area contributed by atoms with Gasteiger partial charge in [0.25, 0.3) is 5.91 Å². The second-order valence-electron chi connectivity index (χ2n) is 6.46. The van der Waals surface area contributed by atoms with E-state index >= 15 is 0 Å². The maximum atomic E-state index is 12.4. The van der Waals surface area contributed by atoms with Gasteiger partial charge >= 0.3 is 0 Å². The molecule has 1 N–H and O–H groups in total. The molecule has 2 aliphatic heterocycles. The standard InChI is InChI=1S/C19H23N5OS/c1-5-13(6-2)18-22-24-16(20)15(17(25)21-19(24)26-18)11-12-7-9-14(10-8-12)23(3)4/h7-11,13,20H,5-6H2,1-4H3. The summed E-state index contributed by atoms with van der Waals surface area (Å²) in [6.07, 6.45) is 3.66. The van der Waals surface area contributed by atoms with E-state index in [0.717, 1.165) is 29.1 Å². The molecule has 0 aromatic heterocycles. The van der Waals surface area contributed by atoms with E-state index in [2.05, 4.69) is 23.9 Å². The van der Waals surface area contributed by atoms with Crippen molar-refractivity contribution in [1.82, 2.24) is 5.01 Å². The molecule has 0 spiro atoms. The molecule has 136 valence electrons. The van der Waals surface area contributed by atoms with Gasteiger partial charge in [0, 0.05) is 25.7 Å². The third-order valence-electron chi connectivity index (χ3n) is 4.53. The molecule has 0 saturated carbocycles. The zero-order valence-electron chi connectivity index (χ0n) is 15.5. The SMILES string of the molecule is CCC(CC)C1=NN2C(=N)C(=Cc3ccc(N(C)C)cc3)C(=O)N=C2S1. The Bertz CT molecular complexity index is 819. The molecular formula is C19H23N5OS. The van der Waals surface area contributed by atoms with Crippen LogP contribution in [0.4, 0.5) is 5.69 Å². The van der Waals surface area contributed by atoms with Crippen molar-refractivity contribution in [3.63, 3.8) is 0 Å². The van der Waals surface area contributed by atoms with E-state index in [4.69, 9.17) is 5.41 Å². The molecule has 0 saturated heterocycles. The number of amides is 1. The number of hydrogen-bond donors (Lipinski definition) is 1. The van der Waals surface area contributed by atoms with Crippen molar-refractivity contribution in [2.45, 2.75) is 26.7 Å². The topological polar surface area (TPSA) is 72.1 Å². The molecule has 6 nitrogen and oxygen atoms in total. The Labute approximate surface area is 158 Å². The molecule has 1 aromatic rings. The lowest BCUT2D eigenvalue weighted by Crippen LogP contribution is -2.35. The molecule has 7 heteroatoms. The average molecular weight is 369 g/mol. The molecule has 3 rings (SSSR count). The Morgan fingerprint density at radius 3 is 2.46 bits per heavy atom. The number of carbonyl (C=O) groups is 1. The van der Waals surface area contributed by atoms with Crippen LogP contribution in [0, 0.1) is 11.3 Å². The van der Waals surface area contributed by atoms with Crippen LogP contribution in [0.3, 0.4) is 0 Å². The lowest BCUT2D eigenvalue weighted by Gasteiger charge is -2.20. The molecule has 0 radical (unpaired) electrons. The number of aliphatic imine (C=N–C) groups is 1. The summed E-state index contributed by atoms with van der Waals surface area (Å²) in [5.41, 5.74) is 2.20. The number of thioether (sulfide) groups is 1. The Kier molecular flexibility index (Phi) is 5.27. The summed E-state index contributed by atoms with van der Waals surface area (Å²) in [7, 11) is 3.95. The number of rotatable bonds is 5. The van der Waals surface area contributed by atoms with Crippen LogP contribution in [0.2, 0.25) is 0 Å². The van der Waals surface area contributed by atoms with Gasteiger partial charge in [-0.05, 0) is 48.4 Å². The summed E-state index contributed by atoms with van der Waals surface area (Å²) in [5.74, 6) is 0.0405. The molecule has 0 fully saturated rings. The fourth-order valence-electron chi connectivity index (χ4n) is 2.85. The van der Waals surface area contributed by atoms with Gasteiger partial charge in [0.05, 0.1) is 5.57 Å². The van der Waals surface area contributed by atoms with Gasteiger partial charge in [-0.15, -0.1) is 0 Å². The van der Waals surface area contributed by atoms with Gasteiger partial charge in [-0.2, -0.15) is 15.1 Å². The number of carbonyl (C=O) groups excluding carboxylic acids is 1. The van der Waals surface area contributed by atoms with E-state index < -0.39 is 0 Å². The largest absolute Gasteiger partial charge is 0.378 e. The van der Waals surface area contributed by atoms with Crippen LogP contribution >= 0.6 is 11.8 Å². The number of fused-ring (bicyclic) bond motifs is 1. The van der Waals surface area contributed by atoms with Gasteiger partial charge in [0.15, 0.2) is 5.84 Å². The third-order valence-corrected chi connectivity index (χ3v) is 5.60. The monoisotopic (exact) mass is 369 g/mol. The fraction of sp³-hybridized carbons (Fsp3) is 0.368. The Morgan fingerprint density at radius 1 is 1.23 bits per heavy atom. The van der Waals surface area contributed by atoms with Gasteiger partial charge in [-0.25, -0.2) is 0 Å². The van der Waals surface area contributed by atoms with Gasteiger partial charge in [-0.3, -0.25) is 10.2 Å². The summed E-state index contributed by atoms with van der Waals surface area (Å²) in [4.78, 5) is 18.6. The van der Waals surface area contributed by atoms with Crippen molar-refractivity contribution in [3.05, 3.63) is 35.4 Å². The summed E-state index contributed by atoms with van der Waals surface area (Å²) in [6.45, 7) is 4.24. The van der Waals surface area contributed by atoms with Crippen LogP contribution in [0.25, 0.3) is 6.08 Å². The molecule has 26 heavy (non-hydrogen) atoms. The Hall–Kier alpha value is -2.41. The number of nitrogens with one attached hydrogen (secondary N) is 1. The van der Waals surface area contributed by atoms with Crippen LogP contribution in [-0.4, -0.2) is 41.1 Å². The molecule has 0 unspecified atom stereocenters. The molecule has 2 aliphatic rings. The quantitative estimate of drug-likeness (QED) is 0.801. The molecule has 1 amide bonds. The lowest BCUT2D eigenvalue weighted by molar-refractivity contribution is -0.114. The van der Waals surface area contributed by atoms with E-state index in [0.29, 0.717) is 11.1 Å². The van der Waals surface area contributed by atoms with E-state index in [1.165, 1.54) is 16.8 Å². The normalized spacial score (nSPS) is 18.3. The number of nitrogens with zero attached hydrogens (tertiary/aromatic N) is 4. The van der Waals surface area contributed by atoms with Gasteiger partial charge in [-0.1, -0.05) is 26.0 Å². The molecule has 0 bridgehead atoms. The van der Waals surface area contributed by atoms with E-state index in [-0.39, 0.29) is 17.3 Å². The third kappa shape index (κ3) is 3.44. The number of benzene rings is 1. The van der Waals surface area contributed by atoms with E-state index in [1.807, 2.05) is 43.3 Å². The first-order chi connectivity index (χ1) is 12.4. The molecule has 2 heterocycles. The van der Waals surface area contributed by atoms with Crippen LogP contribution in [0.5, 0.6) is 0 Å². The van der Waals surface area contributed by atoms with Gasteiger partial charge in [0.1, 0.15) is 5.04 Å². The molecule has 1 aromatic carbocycles. The van der Waals surface area contributed by atoms with E-state index in [1.54, 1.807) is 6.08 Å². The molecular weight excluding hydrogens is 346 g/mol. The summed E-state index contributed by atoms with van der Waals surface area (Å²) >= 11 is 1.40. The summed E-state index contributed by atoms with van der Waals surface area (Å²) in [6, 6.07) is 7.82. The minimum Gasteiger partial charge on any atom is -0.378 e. The van der Waals surface area contributed by atoms with Crippen molar-refractivity contribution >= 4 is 45.5 Å². The van der Waals surface area contributed by atoms with Crippen molar-refractivity contribution < 1.29 is 4.79 Å². The molecule has 0 atom stereocenters.